The lowest BCUT2D eigenvalue weighted by molar-refractivity contribution is -0.165. The molecule has 4 nitrogen and oxygen atoms in total. The molecule has 0 amide bonds. The fourth-order valence-electron chi connectivity index (χ4n) is 9.13. The number of hydrogen-bond donors (Lipinski definition) is 0. The summed E-state index contributed by atoms with van der Waals surface area (Å²) in [6, 6.07) is 0. The van der Waals surface area contributed by atoms with Crippen LogP contribution in [0.5, 0.6) is 0 Å². The van der Waals surface area contributed by atoms with Gasteiger partial charge in [0.05, 0.1) is 5.92 Å². The van der Waals surface area contributed by atoms with Crippen LogP contribution in [-0.2, 0) is 19.1 Å². The summed E-state index contributed by atoms with van der Waals surface area (Å²) in [7, 11) is 0. The smallest absolute Gasteiger partial charge is 0.344 e. The van der Waals surface area contributed by atoms with Gasteiger partial charge in [0, 0.05) is 6.42 Å². The van der Waals surface area contributed by atoms with Gasteiger partial charge in [0.1, 0.15) is 6.10 Å². The van der Waals surface area contributed by atoms with Crippen molar-refractivity contribution < 1.29 is 19.1 Å². The molecule has 198 valence electrons. The highest BCUT2D eigenvalue weighted by Crippen LogP contribution is 2.67. The Labute approximate surface area is 214 Å². The van der Waals surface area contributed by atoms with Gasteiger partial charge in [0.2, 0.25) is 0 Å². The first-order valence-electron chi connectivity index (χ1n) is 14.5. The molecule has 4 aliphatic rings. The van der Waals surface area contributed by atoms with Gasteiger partial charge in [-0.3, -0.25) is 4.79 Å². The van der Waals surface area contributed by atoms with Crippen LogP contribution in [0.25, 0.3) is 0 Å². The molecule has 0 aliphatic heterocycles. The second-order valence-electron chi connectivity index (χ2n) is 13.7. The Morgan fingerprint density at radius 3 is 2.43 bits per heavy atom. The van der Waals surface area contributed by atoms with Gasteiger partial charge in [-0.05, 0) is 97.7 Å². The molecular formula is C31H50O4. The van der Waals surface area contributed by atoms with Crippen molar-refractivity contribution in [3.63, 3.8) is 0 Å². The minimum atomic E-state index is -0.414. The number of carbonyl (C=O) groups excluding carboxylic acids is 2. The first kappa shape index (κ1) is 26.7. The van der Waals surface area contributed by atoms with Gasteiger partial charge in [0.15, 0.2) is 6.61 Å². The van der Waals surface area contributed by atoms with Crippen molar-refractivity contribution in [2.24, 2.45) is 52.3 Å². The van der Waals surface area contributed by atoms with Crippen LogP contribution in [0.3, 0.4) is 0 Å². The lowest BCUT2D eigenvalue weighted by atomic mass is 9.47. The molecule has 0 N–H and O–H groups in total. The van der Waals surface area contributed by atoms with E-state index in [0.717, 1.165) is 54.8 Å². The van der Waals surface area contributed by atoms with Gasteiger partial charge in [-0.1, -0.05) is 60.1 Å². The van der Waals surface area contributed by atoms with Crippen LogP contribution >= 0.6 is 0 Å². The molecule has 8 unspecified atom stereocenters. The average molecular weight is 487 g/mol. The van der Waals surface area contributed by atoms with E-state index >= 15 is 0 Å². The van der Waals surface area contributed by atoms with Crippen molar-refractivity contribution in [1.82, 2.24) is 0 Å². The van der Waals surface area contributed by atoms with Crippen LogP contribution in [-0.4, -0.2) is 24.6 Å². The predicted octanol–water partition coefficient (Wildman–Crippen LogP) is 7.36. The standard InChI is InChI=1S/C31H50O4/c1-19(2)16-21(5)25-10-11-26-24-9-8-22-17-23(35-28(32)18-34-29(33)20(3)4)12-14-30(22,6)27(24)13-15-31(25,26)7/h8,19-21,23-27H,9-18H2,1-7H3. The number of rotatable bonds is 7. The molecular weight excluding hydrogens is 436 g/mol. The molecule has 4 aliphatic carbocycles. The van der Waals surface area contributed by atoms with E-state index in [0.29, 0.717) is 5.41 Å². The zero-order valence-corrected chi connectivity index (χ0v) is 23.4. The number of fused-ring (bicyclic) bond motifs is 5. The highest BCUT2D eigenvalue weighted by molar-refractivity contribution is 5.77. The molecule has 35 heavy (non-hydrogen) atoms. The van der Waals surface area contributed by atoms with Crippen LogP contribution in [0.15, 0.2) is 11.6 Å². The minimum Gasteiger partial charge on any atom is -0.460 e. The van der Waals surface area contributed by atoms with E-state index in [1.54, 1.807) is 13.8 Å². The van der Waals surface area contributed by atoms with Gasteiger partial charge < -0.3 is 9.47 Å². The second kappa shape index (κ2) is 10.2. The topological polar surface area (TPSA) is 52.6 Å². The fraction of sp³-hybridized carbons (Fsp3) is 0.871. The van der Waals surface area contributed by atoms with E-state index in [-0.39, 0.29) is 30.0 Å². The summed E-state index contributed by atoms with van der Waals surface area (Å²) in [5.74, 6) is 3.95. The number of allylic oxidation sites excluding steroid dienone is 1. The van der Waals surface area contributed by atoms with E-state index in [2.05, 4.69) is 40.7 Å². The molecule has 0 radical (unpaired) electrons. The first-order chi connectivity index (χ1) is 16.5. The maximum atomic E-state index is 12.3. The minimum absolute atomic E-state index is 0.0854. The summed E-state index contributed by atoms with van der Waals surface area (Å²) >= 11 is 0. The van der Waals surface area contributed by atoms with Gasteiger partial charge in [-0.15, -0.1) is 0 Å². The quantitative estimate of drug-likeness (QED) is 0.279. The third kappa shape index (κ3) is 5.10. The first-order valence-corrected chi connectivity index (χ1v) is 14.5. The SMILES string of the molecule is CC(C)CC(C)C1CCC2C3CC=C4CC(OC(=O)COC(=O)C(C)C)CCC4(C)C3CCC12C. The summed E-state index contributed by atoms with van der Waals surface area (Å²) in [6.07, 6.45) is 13.4. The predicted molar refractivity (Wildman–Crippen MR) is 139 cm³/mol. The van der Waals surface area contributed by atoms with Gasteiger partial charge in [-0.25, -0.2) is 4.79 Å². The lowest BCUT2D eigenvalue weighted by Gasteiger charge is -2.58. The summed E-state index contributed by atoms with van der Waals surface area (Å²) in [5, 5.41) is 0. The number of carbonyl (C=O) groups is 2. The number of ether oxygens (including phenoxy) is 2. The molecule has 4 heteroatoms. The van der Waals surface area contributed by atoms with E-state index < -0.39 is 5.97 Å². The normalized spacial score (nSPS) is 39.3. The Morgan fingerprint density at radius 2 is 1.74 bits per heavy atom. The second-order valence-corrected chi connectivity index (χ2v) is 13.7. The molecule has 3 saturated carbocycles. The van der Waals surface area contributed by atoms with Gasteiger partial charge in [-0.2, -0.15) is 0 Å². The monoisotopic (exact) mass is 486 g/mol. The van der Waals surface area contributed by atoms with Crippen molar-refractivity contribution in [1.29, 1.82) is 0 Å². The fourth-order valence-corrected chi connectivity index (χ4v) is 9.13. The van der Waals surface area contributed by atoms with Gasteiger partial charge in [0.25, 0.3) is 0 Å². The maximum absolute atomic E-state index is 12.3. The summed E-state index contributed by atoms with van der Waals surface area (Å²) in [4.78, 5) is 24.0. The third-order valence-corrected chi connectivity index (χ3v) is 10.8. The largest absolute Gasteiger partial charge is 0.460 e. The zero-order valence-electron chi connectivity index (χ0n) is 23.4. The molecule has 0 saturated heterocycles. The van der Waals surface area contributed by atoms with E-state index in [1.807, 2.05) is 0 Å². The average Bonchev–Trinajstić information content (AvgIpc) is 3.14. The van der Waals surface area contributed by atoms with E-state index in [4.69, 9.17) is 9.47 Å². The van der Waals surface area contributed by atoms with E-state index in [1.165, 1.54) is 44.1 Å². The van der Waals surface area contributed by atoms with Crippen molar-refractivity contribution in [3.8, 4) is 0 Å². The molecule has 0 heterocycles. The van der Waals surface area contributed by atoms with Crippen molar-refractivity contribution in [2.75, 3.05) is 6.61 Å². The number of hydrogen-bond acceptors (Lipinski definition) is 4. The highest BCUT2D eigenvalue weighted by Gasteiger charge is 2.59. The summed E-state index contributed by atoms with van der Waals surface area (Å²) in [5.41, 5.74) is 2.28. The Morgan fingerprint density at radius 1 is 1.00 bits per heavy atom. The molecule has 0 bridgehead atoms. The third-order valence-electron chi connectivity index (χ3n) is 10.8. The molecule has 0 aromatic carbocycles. The van der Waals surface area contributed by atoms with E-state index in [9.17, 15) is 9.59 Å². The van der Waals surface area contributed by atoms with Crippen molar-refractivity contribution in [2.45, 2.75) is 112 Å². The lowest BCUT2D eigenvalue weighted by Crippen LogP contribution is -2.51. The van der Waals surface area contributed by atoms with Gasteiger partial charge >= 0.3 is 11.9 Å². The maximum Gasteiger partial charge on any atom is 0.344 e. The van der Waals surface area contributed by atoms with Crippen LogP contribution < -0.4 is 0 Å². The van der Waals surface area contributed by atoms with Crippen molar-refractivity contribution >= 4 is 11.9 Å². The Bertz CT molecular complexity index is 828. The molecule has 3 fully saturated rings. The molecule has 0 aromatic rings. The Balaban J connectivity index is 1.40. The molecule has 0 aromatic heterocycles. The molecule has 4 rings (SSSR count). The molecule has 0 spiro atoms. The van der Waals surface area contributed by atoms with Crippen LogP contribution in [0.2, 0.25) is 0 Å². The Kier molecular flexibility index (Phi) is 7.80. The zero-order chi connectivity index (χ0) is 25.5. The van der Waals surface area contributed by atoms with Crippen molar-refractivity contribution in [3.05, 3.63) is 11.6 Å². The Hall–Kier alpha value is -1.32. The highest BCUT2D eigenvalue weighted by atomic mass is 16.6. The number of esters is 2. The molecule has 8 atom stereocenters. The van der Waals surface area contributed by atoms with Crippen LogP contribution in [0.1, 0.15) is 106 Å². The summed E-state index contributed by atoms with van der Waals surface area (Å²) < 4.78 is 10.8. The van der Waals surface area contributed by atoms with Crippen LogP contribution in [0.4, 0.5) is 0 Å². The summed E-state index contributed by atoms with van der Waals surface area (Å²) in [6.45, 7) is 15.7. The van der Waals surface area contributed by atoms with Crippen LogP contribution in [0, 0.1) is 52.3 Å².